The fourth-order valence-electron chi connectivity index (χ4n) is 4.16. The van der Waals surface area contributed by atoms with Gasteiger partial charge < -0.3 is 10.2 Å². The third-order valence-electron chi connectivity index (χ3n) is 5.71. The molecule has 0 radical (unpaired) electrons. The lowest BCUT2D eigenvalue weighted by Gasteiger charge is -2.35. The molecule has 2 fully saturated rings. The van der Waals surface area contributed by atoms with Crippen LogP contribution in [0.4, 0.5) is 0 Å². The first-order chi connectivity index (χ1) is 12.7. The highest BCUT2D eigenvalue weighted by Gasteiger charge is 2.31. The quantitative estimate of drug-likeness (QED) is 0.763. The molecule has 5 nitrogen and oxygen atoms in total. The molecule has 1 aliphatic carbocycles. The van der Waals surface area contributed by atoms with Gasteiger partial charge >= 0.3 is 0 Å². The number of aryl methyl sites for hydroxylation is 1. The van der Waals surface area contributed by atoms with Crippen LogP contribution in [-0.4, -0.2) is 41.3 Å². The van der Waals surface area contributed by atoms with Gasteiger partial charge in [0.15, 0.2) is 0 Å². The molecule has 1 aliphatic heterocycles. The van der Waals surface area contributed by atoms with Gasteiger partial charge in [0.05, 0.1) is 5.92 Å². The van der Waals surface area contributed by atoms with Gasteiger partial charge in [-0.15, -0.1) is 0 Å². The number of carbonyl (C=O) groups is 2. The second kappa shape index (κ2) is 9.70. The number of hydrogen-bond donors (Lipinski definition) is 1. The van der Waals surface area contributed by atoms with Gasteiger partial charge in [-0.1, -0.05) is 25.3 Å². The average Bonchev–Trinajstić information content (AvgIpc) is 2.68. The molecule has 26 heavy (non-hydrogen) atoms. The van der Waals surface area contributed by atoms with E-state index in [0.29, 0.717) is 31.8 Å². The number of hydrogen-bond acceptors (Lipinski definition) is 3. The van der Waals surface area contributed by atoms with Crippen LogP contribution < -0.4 is 5.32 Å². The van der Waals surface area contributed by atoms with Crippen LogP contribution in [0.1, 0.15) is 57.1 Å². The summed E-state index contributed by atoms with van der Waals surface area (Å²) in [7, 11) is 0. The highest BCUT2D eigenvalue weighted by atomic mass is 16.2. The Labute approximate surface area is 156 Å². The number of likely N-dealkylation sites (tertiary alicyclic amines) is 1. The molecule has 1 saturated heterocycles. The molecule has 1 N–H and O–H groups in total. The Hall–Kier alpha value is -1.91. The van der Waals surface area contributed by atoms with Crippen molar-refractivity contribution in [2.75, 3.05) is 19.6 Å². The summed E-state index contributed by atoms with van der Waals surface area (Å²) in [5.41, 5.74) is 1.06. The Balaban J connectivity index is 1.39. The molecule has 0 bridgehead atoms. The number of nitrogens with zero attached hydrogens (tertiary/aromatic N) is 2. The van der Waals surface area contributed by atoms with Gasteiger partial charge in [0.25, 0.3) is 0 Å². The van der Waals surface area contributed by atoms with E-state index >= 15 is 0 Å². The number of amides is 2. The summed E-state index contributed by atoms with van der Waals surface area (Å²) >= 11 is 0. The topological polar surface area (TPSA) is 62.3 Å². The van der Waals surface area contributed by atoms with Crippen LogP contribution in [0.2, 0.25) is 0 Å². The lowest BCUT2D eigenvalue weighted by Crippen LogP contribution is -2.47. The van der Waals surface area contributed by atoms with Gasteiger partial charge in [-0.25, -0.2) is 0 Å². The zero-order chi connectivity index (χ0) is 18.2. The predicted molar refractivity (Wildman–Crippen MR) is 101 cm³/mol. The van der Waals surface area contributed by atoms with Crippen molar-refractivity contribution in [3.05, 3.63) is 30.1 Å². The highest BCUT2D eigenvalue weighted by molar-refractivity contribution is 5.83. The summed E-state index contributed by atoms with van der Waals surface area (Å²) in [5, 5.41) is 3.06. The normalized spacial score (nSPS) is 21.6. The van der Waals surface area contributed by atoms with Crippen molar-refractivity contribution in [1.29, 1.82) is 0 Å². The van der Waals surface area contributed by atoms with E-state index in [1.165, 1.54) is 32.1 Å². The molecule has 3 rings (SSSR count). The average molecular weight is 357 g/mol. The smallest absolute Gasteiger partial charge is 0.224 e. The van der Waals surface area contributed by atoms with Gasteiger partial charge in [-0.2, -0.15) is 0 Å². The number of rotatable bonds is 7. The van der Waals surface area contributed by atoms with E-state index in [1.807, 2.05) is 23.1 Å². The molecule has 2 amide bonds. The van der Waals surface area contributed by atoms with Crippen molar-refractivity contribution < 1.29 is 9.59 Å². The Morgan fingerprint density at radius 2 is 2.04 bits per heavy atom. The Kier molecular flexibility index (Phi) is 7.04. The van der Waals surface area contributed by atoms with Crippen LogP contribution >= 0.6 is 0 Å². The fraction of sp³-hybridized carbons (Fsp3) is 0.667. The number of piperidine rings is 1. The van der Waals surface area contributed by atoms with Crippen molar-refractivity contribution in [3.63, 3.8) is 0 Å². The summed E-state index contributed by atoms with van der Waals surface area (Å²) in [6, 6.07) is 5.91. The molecular formula is C21H31N3O2. The molecule has 0 spiro atoms. The van der Waals surface area contributed by atoms with Crippen LogP contribution in [0.5, 0.6) is 0 Å². The molecule has 5 heteroatoms. The molecule has 1 unspecified atom stereocenters. The lowest BCUT2D eigenvalue weighted by molar-refractivity contribution is -0.139. The molecule has 142 valence electrons. The number of carbonyl (C=O) groups excluding carboxylic acids is 2. The van der Waals surface area contributed by atoms with E-state index in [-0.39, 0.29) is 17.7 Å². The molecular weight excluding hydrogens is 326 g/mol. The number of pyridine rings is 1. The van der Waals surface area contributed by atoms with Gasteiger partial charge in [-0.05, 0) is 50.2 Å². The Morgan fingerprint density at radius 3 is 2.81 bits per heavy atom. The largest absolute Gasteiger partial charge is 0.356 e. The zero-order valence-corrected chi connectivity index (χ0v) is 15.7. The van der Waals surface area contributed by atoms with Crippen LogP contribution in [-0.2, 0) is 16.0 Å². The van der Waals surface area contributed by atoms with Crippen LogP contribution in [0.25, 0.3) is 0 Å². The Bertz CT molecular complexity index is 584. The van der Waals surface area contributed by atoms with Gasteiger partial charge in [0.2, 0.25) is 11.8 Å². The van der Waals surface area contributed by atoms with E-state index < -0.39 is 0 Å². The summed E-state index contributed by atoms with van der Waals surface area (Å²) in [5.74, 6) is 0.918. The van der Waals surface area contributed by atoms with E-state index in [0.717, 1.165) is 25.1 Å². The molecule has 1 saturated carbocycles. The summed E-state index contributed by atoms with van der Waals surface area (Å²) < 4.78 is 0. The number of nitrogens with one attached hydrogen (secondary N) is 1. The highest BCUT2D eigenvalue weighted by Crippen LogP contribution is 2.27. The SMILES string of the molecule is O=C(NCCCc1ccccn1)C1CCC(=O)N(CC2CCCCC2)C1. The van der Waals surface area contributed by atoms with Gasteiger partial charge in [0.1, 0.15) is 0 Å². The standard InChI is InChI=1S/C21H31N3O2/c25-20-12-11-18(16-24(20)15-17-7-2-1-3-8-17)21(26)23-14-6-10-19-9-4-5-13-22-19/h4-5,9,13,17-18H,1-3,6-8,10-12,14-16H2,(H,23,26). The maximum Gasteiger partial charge on any atom is 0.224 e. The second-order valence-electron chi connectivity index (χ2n) is 7.75. The summed E-state index contributed by atoms with van der Waals surface area (Å²) in [4.78, 5) is 31.0. The minimum absolute atomic E-state index is 0.0499. The maximum absolute atomic E-state index is 12.5. The maximum atomic E-state index is 12.5. The first kappa shape index (κ1) is 18.9. The third kappa shape index (κ3) is 5.55. The first-order valence-electron chi connectivity index (χ1n) is 10.2. The second-order valence-corrected chi connectivity index (χ2v) is 7.75. The molecule has 1 aromatic rings. The minimum atomic E-state index is -0.0499. The summed E-state index contributed by atoms with van der Waals surface area (Å²) in [6.45, 7) is 2.12. The van der Waals surface area contributed by atoms with E-state index in [2.05, 4.69) is 10.3 Å². The van der Waals surface area contributed by atoms with Crippen molar-refractivity contribution in [1.82, 2.24) is 15.2 Å². The molecule has 2 aliphatic rings. The van der Waals surface area contributed by atoms with E-state index in [9.17, 15) is 9.59 Å². The van der Waals surface area contributed by atoms with Crippen molar-refractivity contribution in [3.8, 4) is 0 Å². The van der Waals surface area contributed by atoms with Crippen molar-refractivity contribution in [2.24, 2.45) is 11.8 Å². The minimum Gasteiger partial charge on any atom is -0.356 e. The molecule has 2 heterocycles. The lowest BCUT2D eigenvalue weighted by atomic mass is 9.87. The molecule has 1 aromatic heterocycles. The van der Waals surface area contributed by atoms with Gasteiger partial charge in [0, 0.05) is 37.9 Å². The van der Waals surface area contributed by atoms with Crippen molar-refractivity contribution >= 4 is 11.8 Å². The van der Waals surface area contributed by atoms with Crippen molar-refractivity contribution in [2.45, 2.75) is 57.8 Å². The fourth-order valence-corrected chi connectivity index (χ4v) is 4.16. The van der Waals surface area contributed by atoms with Crippen LogP contribution in [0, 0.1) is 11.8 Å². The predicted octanol–water partition coefficient (Wildman–Crippen LogP) is 2.95. The third-order valence-corrected chi connectivity index (χ3v) is 5.71. The molecule has 0 aromatic carbocycles. The van der Waals surface area contributed by atoms with Gasteiger partial charge in [-0.3, -0.25) is 14.6 Å². The van der Waals surface area contributed by atoms with E-state index in [4.69, 9.17) is 0 Å². The first-order valence-corrected chi connectivity index (χ1v) is 10.2. The molecule has 1 atom stereocenters. The summed E-state index contributed by atoms with van der Waals surface area (Å²) in [6.07, 6.45) is 11.1. The Morgan fingerprint density at radius 1 is 1.19 bits per heavy atom. The monoisotopic (exact) mass is 357 g/mol. The number of aromatic nitrogens is 1. The van der Waals surface area contributed by atoms with Crippen LogP contribution in [0.3, 0.4) is 0 Å². The van der Waals surface area contributed by atoms with Crippen LogP contribution in [0.15, 0.2) is 24.4 Å². The zero-order valence-electron chi connectivity index (χ0n) is 15.7. The van der Waals surface area contributed by atoms with E-state index in [1.54, 1.807) is 6.20 Å².